The first kappa shape index (κ1) is 13.5. The molecular formula is C15H18N2O2S. The Bertz CT molecular complexity index is 559. The molecule has 5 heteroatoms. The lowest BCUT2D eigenvalue weighted by molar-refractivity contribution is 0.00878. The Kier molecular flexibility index (Phi) is 3.72. The summed E-state index contributed by atoms with van der Waals surface area (Å²) in [5.41, 5.74) is 9.06. The van der Waals surface area contributed by atoms with Crippen molar-refractivity contribution in [3.8, 4) is 0 Å². The van der Waals surface area contributed by atoms with Crippen molar-refractivity contribution in [1.29, 1.82) is 0 Å². The first-order chi connectivity index (χ1) is 9.65. The first-order valence-electron chi connectivity index (χ1n) is 6.97. The van der Waals surface area contributed by atoms with Crippen molar-refractivity contribution in [2.75, 3.05) is 19.7 Å². The van der Waals surface area contributed by atoms with Crippen LogP contribution in [0.2, 0.25) is 0 Å². The minimum Gasteiger partial charge on any atom is -0.391 e. The molecule has 1 aliphatic heterocycles. The molecule has 1 unspecified atom stereocenters. The van der Waals surface area contributed by atoms with Crippen molar-refractivity contribution in [3.05, 3.63) is 34.9 Å². The highest BCUT2D eigenvalue weighted by molar-refractivity contribution is 7.80. The van der Waals surface area contributed by atoms with Gasteiger partial charge in [0.25, 0.3) is 5.91 Å². The molecule has 1 atom stereocenters. The summed E-state index contributed by atoms with van der Waals surface area (Å²) in [7, 11) is 0. The van der Waals surface area contributed by atoms with E-state index in [1.165, 1.54) is 17.5 Å². The zero-order chi connectivity index (χ0) is 14.1. The lowest BCUT2D eigenvalue weighted by atomic mass is 10.1. The summed E-state index contributed by atoms with van der Waals surface area (Å²) in [5.74, 6) is 0.0456. The molecule has 1 amide bonds. The van der Waals surface area contributed by atoms with Crippen LogP contribution in [-0.2, 0) is 17.6 Å². The lowest BCUT2D eigenvalue weighted by Crippen LogP contribution is -2.49. The van der Waals surface area contributed by atoms with Crippen molar-refractivity contribution >= 4 is 23.1 Å². The third kappa shape index (κ3) is 2.55. The Morgan fingerprint density at radius 2 is 2.15 bits per heavy atom. The SMILES string of the molecule is NC(=S)C1CN(C(=O)c2ccc3c(c2)CCC3)CCO1. The normalized spacial score (nSPS) is 21.6. The Morgan fingerprint density at radius 3 is 2.95 bits per heavy atom. The number of nitrogens with zero attached hydrogens (tertiary/aromatic N) is 1. The topological polar surface area (TPSA) is 55.6 Å². The molecule has 106 valence electrons. The summed E-state index contributed by atoms with van der Waals surface area (Å²) >= 11 is 4.95. The number of hydrogen-bond acceptors (Lipinski definition) is 3. The van der Waals surface area contributed by atoms with Gasteiger partial charge in [-0.1, -0.05) is 18.3 Å². The van der Waals surface area contributed by atoms with Crippen LogP contribution in [0.3, 0.4) is 0 Å². The lowest BCUT2D eigenvalue weighted by Gasteiger charge is -2.32. The van der Waals surface area contributed by atoms with Crippen LogP contribution in [-0.4, -0.2) is 41.6 Å². The second-order valence-electron chi connectivity index (χ2n) is 5.35. The second-order valence-corrected chi connectivity index (χ2v) is 5.82. The quantitative estimate of drug-likeness (QED) is 0.834. The number of morpholine rings is 1. The van der Waals surface area contributed by atoms with E-state index in [1.54, 1.807) is 4.90 Å². The highest BCUT2D eigenvalue weighted by Crippen LogP contribution is 2.23. The third-order valence-electron chi connectivity index (χ3n) is 4.02. The van der Waals surface area contributed by atoms with Crippen molar-refractivity contribution in [2.45, 2.75) is 25.4 Å². The fourth-order valence-electron chi connectivity index (χ4n) is 2.89. The van der Waals surface area contributed by atoms with Crippen LogP contribution in [0.5, 0.6) is 0 Å². The van der Waals surface area contributed by atoms with E-state index < -0.39 is 0 Å². The molecule has 4 nitrogen and oxygen atoms in total. The average Bonchev–Trinajstić information content (AvgIpc) is 2.94. The molecule has 1 saturated heterocycles. The van der Waals surface area contributed by atoms with Gasteiger partial charge in [-0.05, 0) is 42.5 Å². The van der Waals surface area contributed by atoms with Crippen molar-refractivity contribution in [2.24, 2.45) is 5.73 Å². The van der Waals surface area contributed by atoms with Crippen LogP contribution in [0, 0.1) is 0 Å². The summed E-state index contributed by atoms with van der Waals surface area (Å²) in [5, 5.41) is 0. The molecular weight excluding hydrogens is 272 g/mol. The van der Waals surface area contributed by atoms with Gasteiger partial charge in [0.1, 0.15) is 11.1 Å². The molecule has 1 aromatic carbocycles. The van der Waals surface area contributed by atoms with Crippen LogP contribution in [0.1, 0.15) is 27.9 Å². The molecule has 20 heavy (non-hydrogen) atoms. The molecule has 0 spiro atoms. The van der Waals surface area contributed by atoms with Gasteiger partial charge in [-0.2, -0.15) is 0 Å². The summed E-state index contributed by atoms with van der Waals surface area (Å²) < 4.78 is 5.47. The molecule has 2 N–H and O–H groups in total. The fraction of sp³-hybridized carbons (Fsp3) is 0.467. The minimum absolute atomic E-state index is 0.0456. The molecule has 0 bridgehead atoms. The van der Waals surface area contributed by atoms with Crippen LogP contribution in [0.4, 0.5) is 0 Å². The standard InChI is InChI=1S/C15H18N2O2S/c16-14(20)13-9-17(6-7-19-13)15(18)12-5-4-10-2-1-3-11(10)8-12/h4-5,8,13H,1-3,6-7,9H2,(H2,16,20). The summed E-state index contributed by atoms with van der Waals surface area (Å²) in [4.78, 5) is 14.7. The predicted molar refractivity (Wildman–Crippen MR) is 80.9 cm³/mol. The van der Waals surface area contributed by atoms with E-state index in [0.29, 0.717) is 24.7 Å². The van der Waals surface area contributed by atoms with E-state index in [2.05, 4.69) is 6.07 Å². The Balaban J connectivity index is 1.76. The molecule has 0 saturated carbocycles. The zero-order valence-electron chi connectivity index (χ0n) is 11.3. The zero-order valence-corrected chi connectivity index (χ0v) is 12.1. The number of thiocarbonyl (C=S) groups is 1. The Hall–Kier alpha value is -1.46. The highest BCUT2D eigenvalue weighted by Gasteiger charge is 2.27. The van der Waals surface area contributed by atoms with Crippen molar-refractivity contribution < 1.29 is 9.53 Å². The molecule has 0 aromatic heterocycles. The van der Waals surface area contributed by atoms with Crippen LogP contribution >= 0.6 is 12.2 Å². The van der Waals surface area contributed by atoms with Crippen LogP contribution in [0.15, 0.2) is 18.2 Å². The first-order valence-corrected chi connectivity index (χ1v) is 7.38. The van der Waals surface area contributed by atoms with Crippen LogP contribution < -0.4 is 5.73 Å². The Morgan fingerprint density at radius 1 is 1.35 bits per heavy atom. The molecule has 3 rings (SSSR count). The molecule has 0 radical (unpaired) electrons. The number of nitrogens with two attached hydrogens (primary N) is 1. The number of carbonyl (C=O) groups excluding carboxylic acids is 1. The number of benzene rings is 1. The van der Waals surface area contributed by atoms with Crippen molar-refractivity contribution in [3.63, 3.8) is 0 Å². The monoisotopic (exact) mass is 290 g/mol. The molecule has 1 fully saturated rings. The van der Waals surface area contributed by atoms with Gasteiger partial charge in [0, 0.05) is 12.1 Å². The van der Waals surface area contributed by atoms with E-state index in [1.807, 2.05) is 12.1 Å². The smallest absolute Gasteiger partial charge is 0.254 e. The van der Waals surface area contributed by atoms with Gasteiger partial charge in [0.05, 0.1) is 13.2 Å². The summed E-state index contributed by atoms with van der Waals surface area (Å²) in [6.45, 7) is 1.53. The van der Waals surface area contributed by atoms with Crippen LogP contribution in [0.25, 0.3) is 0 Å². The van der Waals surface area contributed by atoms with E-state index in [0.717, 1.165) is 18.4 Å². The number of carbonyl (C=O) groups is 1. The number of aryl methyl sites for hydroxylation is 2. The van der Waals surface area contributed by atoms with Gasteiger partial charge in [-0.25, -0.2) is 0 Å². The van der Waals surface area contributed by atoms with E-state index in [-0.39, 0.29) is 12.0 Å². The van der Waals surface area contributed by atoms with Crippen molar-refractivity contribution in [1.82, 2.24) is 4.90 Å². The molecule has 2 aliphatic rings. The predicted octanol–water partition coefficient (Wildman–Crippen LogP) is 1.30. The molecule has 1 heterocycles. The number of amides is 1. The number of ether oxygens (including phenoxy) is 1. The van der Waals surface area contributed by atoms with Gasteiger partial charge in [-0.3, -0.25) is 4.79 Å². The van der Waals surface area contributed by atoms with Gasteiger partial charge >= 0.3 is 0 Å². The Labute approximate surface area is 123 Å². The molecule has 1 aliphatic carbocycles. The van der Waals surface area contributed by atoms with E-state index in [9.17, 15) is 4.79 Å². The fourth-order valence-corrected chi connectivity index (χ4v) is 3.04. The number of rotatable bonds is 2. The number of hydrogen-bond donors (Lipinski definition) is 1. The maximum Gasteiger partial charge on any atom is 0.254 e. The summed E-state index contributed by atoms with van der Waals surface area (Å²) in [6, 6.07) is 6.05. The van der Waals surface area contributed by atoms with Gasteiger partial charge in [0.15, 0.2) is 0 Å². The van der Waals surface area contributed by atoms with Gasteiger partial charge < -0.3 is 15.4 Å². The highest BCUT2D eigenvalue weighted by atomic mass is 32.1. The second kappa shape index (κ2) is 5.50. The molecule has 1 aromatic rings. The largest absolute Gasteiger partial charge is 0.391 e. The minimum atomic E-state index is -0.322. The van der Waals surface area contributed by atoms with E-state index >= 15 is 0 Å². The van der Waals surface area contributed by atoms with Gasteiger partial charge in [0.2, 0.25) is 0 Å². The summed E-state index contributed by atoms with van der Waals surface area (Å²) in [6.07, 6.45) is 3.07. The third-order valence-corrected chi connectivity index (χ3v) is 4.28. The van der Waals surface area contributed by atoms with E-state index in [4.69, 9.17) is 22.7 Å². The maximum atomic E-state index is 12.6. The average molecular weight is 290 g/mol. The maximum absolute atomic E-state index is 12.6. The number of fused-ring (bicyclic) bond motifs is 1. The van der Waals surface area contributed by atoms with Gasteiger partial charge in [-0.15, -0.1) is 0 Å².